The molecule has 254 valence electrons. The molecule has 0 N–H and O–H groups in total. The van der Waals surface area contributed by atoms with Gasteiger partial charge in [-0.25, -0.2) is 4.39 Å². The maximum Gasteiger partial charge on any atom is 0.123 e. The molecule has 0 bridgehead atoms. The van der Waals surface area contributed by atoms with Crippen LogP contribution < -0.4 is 4.90 Å². The van der Waals surface area contributed by atoms with Crippen molar-refractivity contribution in [2.75, 3.05) is 4.90 Å². The Kier molecular flexibility index (Phi) is 8.09. The summed E-state index contributed by atoms with van der Waals surface area (Å²) >= 11 is 0. The Balaban J connectivity index is 1.23. The van der Waals surface area contributed by atoms with Crippen LogP contribution in [0.25, 0.3) is 55.6 Å². The summed E-state index contributed by atoms with van der Waals surface area (Å²) in [5, 5.41) is 0. The van der Waals surface area contributed by atoms with E-state index < -0.39 is 0 Å². The molecule has 0 aromatic heterocycles. The molecule has 2 heteroatoms. The highest BCUT2D eigenvalue weighted by Crippen LogP contribution is 2.51. The van der Waals surface area contributed by atoms with Crippen LogP contribution in [0.2, 0.25) is 0 Å². The maximum atomic E-state index is 14.4. The summed E-state index contributed by atoms with van der Waals surface area (Å²) in [6.45, 7) is 4.63. The van der Waals surface area contributed by atoms with Gasteiger partial charge in [-0.15, -0.1) is 0 Å². The fourth-order valence-corrected chi connectivity index (χ4v) is 7.97. The lowest BCUT2D eigenvalue weighted by molar-refractivity contribution is 0.628. The normalized spacial score (nSPS) is 12.6. The summed E-state index contributed by atoms with van der Waals surface area (Å²) in [6.07, 6.45) is 0. The van der Waals surface area contributed by atoms with E-state index in [1.165, 1.54) is 45.5 Å². The second-order valence-corrected chi connectivity index (χ2v) is 14.3. The third-order valence-corrected chi connectivity index (χ3v) is 10.8. The number of fused-ring (bicyclic) bond motifs is 3. The molecule has 1 nitrogen and oxygen atoms in total. The Bertz CT molecular complexity index is 2550. The van der Waals surface area contributed by atoms with E-state index in [1.807, 2.05) is 24.3 Å². The Morgan fingerprint density at radius 3 is 1.42 bits per heavy atom. The predicted molar refractivity (Wildman–Crippen MR) is 220 cm³/mol. The topological polar surface area (TPSA) is 3.24 Å². The van der Waals surface area contributed by atoms with Crippen LogP contribution in [0.3, 0.4) is 0 Å². The molecule has 0 heterocycles. The lowest BCUT2D eigenvalue weighted by atomic mass is 9.82. The summed E-state index contributed by atoms with van der Waals surface area (Å²) in [4.78, 5) is 2.25. The van der Waals surface area contributed by atoms with Gasteiger partial charge >= 0.3 is 0 Å². The lowest BCUT2D eigenvalue weighted by Crippen LogP contribution is -2.14. The predicted octanol–water partition coefficient (Wildman–Crippen LogP) is 14.3. The minimum atomic E-state index is -0.262. The smallest absolute Gasteiger partial charge is 0.123 e. The number of hydrogen-bond donors (Lipinski definition) is 0. The first-order valence-electron chi connectivity index (χ1n) is 18.2. The zero-order chi connectivity index (χ0) is 35.9. The first kappa shape index (κ1) is 32.4. The number of halogens is 1. The van der Waals surface area contributed by atoms with Gasteiger partial charge in [-0.3, -0.25) is 0 Å². The van der Waals surface area contributed by atoms with Crippen molar-refractivity contribution in [1.29, 1.82) is 0 Å². The highest BCUT2D eigenvalue weighted by atomic mass is 19.1. The minimum Gasteiger partial charge on any atom is -0.310 e. The molecule has 0 fully saturated rings. The lowest BCUT2D eigenvalue weighted by Gasteiger charge is -2.29. The summed E-state index contributed by atoms with van der Waals surface area (Å²) in [5.74, 6) is -0.262. The van der Waals surface area contributed by atoms with Crippen LogP contribution in [0.4, 0.5) is 21.5 Å². The number of rotatable bonds is 7. The van der Waals surface area contributed by atoms with Crippen LogP contribution in [0, 0.1) is 5.82 Å². The van der Waals surface area contributed by atoms with Crippen LogP contribution in [0.5, 0.6) is 0 Å². The van der Waals surface area contributed by atoms with Crippen molar-refractivity contribution in [2.24, 2.45) is 0 Å². The number of anilines is 3. The summed E-state index contributed by atoms with van der Waals surface area (Å²) in [7, 11) is 0. The molecule has 0 saturated heterocycles. The summed E-state index contributed by atoms with van der Waals surface area (Å²) < 4.78 is 14.4. The van der Waals surface area contributed by atoms with Crippen molar-refractivity contribution >= 4 is 17.1 Å². The molecule has 0 unspecified atom stereocenters. The Hall–Kier alpha value is -6.51. The van der Waals surface area contributed by atoms with Crippen LogP contribution >= 0.6 is 0 Å². The van der Waals surface area contributed by atoms with Gasteiger partial charge in [-0.2, -0.15) is 0 Å². The molecule has 8 aromatic carbocycles. The van der Waals surface area contributed by atoms with Gasteiger partial charge in [-0.05, 0) is 116 Å². The number of nitrogens with zero attached hydrogens (tertiary/aromatic N) is 1. The van der Waals surface area contributed by atoms with Gasteiger partial charge in [0, 0.05) is 22.4 Å². The average Bonchev–Trinajstić information content (AvgIpc) is 3.45. The van der Waals surface area contributed by atoms with E-state index in [2.05, 4.69) is 176 Å². The third kappa shape index (κ3) is 5.93. The van der Waals surface area contributed by atoms with E-state index in [-0.39, 0.29) is 11.2 Å². The van der Waals surface area contributed by atoms with Gasteiger partial charge in [-0.1, -0.05) is 153 Å². The molecule has 0 atom stereocenters. The van der Waals surface area contributed by atoms with Crippen LogP contribution in [-0.4, -0.2) is 0 Å². The van der Waals surface area contributed by atoms with E-state index in [0.29, 0.717) is 0 Å². The molecule has 0 aliphatic heterocycles. The van der Waals surface area contributed by atoms with E-state index in [0.717, 1.165) is 50.4 Å². The van der Waals surface area contributed by atoms with Crippen molar-refractivity contribution in [3.05, 3.63) is 211 Å². The first-order valence-corrected chi connectivity index (χ1v) is 18.2. The monoisotopic (exact) mass is 683 g/mol. The van der Waals surface area contributed by atoms with Gasteiger partial charge in [0.25, 0.3) is 0 Å². The molecule has 0 spiro atoms. The molecule has 1 aliphatic rings. The largest absolute Gasteiger partial charge is 0.310 e. The van der Waals surface area contributed by atoms with Crippen molar-refractivity contribution in [3.63, 3.8) is 0 Å². The van der Waals surface area contributed by atoms with Crippen molar-refractivity contribution in [2.45, 2.75) is 19.3 Å². The molecule has 1 aliphatic carbocycles. The zero-order valence-electron chi connectivity index (χ0n) is 29.8. The molecular formula is C51H38FN. The molecule has 0 amide bonds. The first-order chi connectivity index (χ1) is 25.9. The SMILES string of the molecule is CC1(C)c2ccccc2-c2cc(-c3cc(-c4ccc(-c5ccccc5)cc4)ccc3N(c3ccc(F)cc3)c3ccc(-c4ccccc4)cc3)ccc21. The van der Waals surface area contributed by atoms with E-state index >= 15 is 0 Å². The molecular weight excluding hydrogens is 646 g/mol. The van der Waals surface area contributed by atoms with E-state index in [9.17, 15) is 4.39 Å². The fraction of sp³-hybridized carbons (Fsp3) is 0.0588. The van der Waals surface area contributed by atoms with Gasteiger partial charge < -0.3 is 4.90 Å². The van der Waals surface area contributed by atoms with Crippen molar-refractivity contribution in [1.82, 2.24) is 0 Å². The second-order valence-electron chi connectivity index (χ2n) is 14.3. The molecule has 0 radical (unpaired) electrons. The van der Waals surface area contributed by atoms with Gasteiger partial charge in [0.15, 0.2) is 0 Å². The zero-order valence-corrected chi connectivity index (χ0v) is 29.8. The average molecular weight is 684 g/mol. The summed E-state index contributed by atoms with van der Waals surface area (Å²) in [6, 6.07) is 67.7. The highest BCUT2D eigenvalue weighted by Gasteiger charge is 2.35. The van der Waals surface area contributed by atoms with Crippen LogP contribution in [-0.2, 0) is 5.41 Å². The van der Waals surface area contributed by atoms with Crippen molar-refractivity contribution < 1.29 is 4.39 Å². The number of hydrogen-bond acceptors (Lipinski definition) is 1. The molecule has 8 aromatic rings. The summed E-state index contributed by atoms with van der Waals surface area (Å²) in [5.41, 5.74) is 17.2. The Morgan fingerprint density at radius 2 is 0.792 bits per heavy atom. The molecule has 9 rings (SSSR count). The second kappa shape index (κ2) is 13.2. The van der Waals surface area contributed by atoms with Crippen molar-refractivity contribution in [3.8, 4) is 55.6 Å². The van der Waals surface area contributed by atoms with Crippen LogP contribution in [0.1, 0.15) is 25.0 Å². The number of benzene rings is 8. The minimum absolute atomic E-state index is 0.0870. The standard InChI is InChI=1S/C51H38FN/c1-51(2)48-16-10-9-15-45(48)47-34-41(23-31-49(47)51)46-33-40(39-19-17-37(18-20-39)35-11-5-3-6-12-35)24-32-50(46)53(44-29-25-42(52)26-30-44)43-27-21-38(22-28-43)36-13-7-4-8-14-36/h3-34H,1-2H3. The van der Waals surface area contributed by atoms with Gasteiger partial charge in [0.1, 0.15) is 5.82 Å². The quantitative estimate of drug-likeness (QED) is 0.162. The van der Waals surface area contributed by atoms with Gasteiger partial charge in [0.05, 0.1) is 5.69 Å². The highest BCUT2D eigenvalue weighted by molar-refractivity contribution is 5.93. The Morgan fingerprint density at radius 1 is 0.358 bits per heavy atom. The third-order valence-electron chi connectivity index (χ3n) is 10.8. The van der Waals surface area contributed by atoms with Crippen LogP contribution in [0.15, 0.2) is 194 Å². The molecule has 0 saturated carbocycles. The fourth-order valence-electron chi connectivity index (χ4n) is 7.97. The van der Waals surface area contributed by atoms with E-state index in [1.54, 1.807) is 0 Å². The van der Waals surface area contributed by atoms with E-state index in [4.69, 9.17) is 0 Å². The van der Waals surface area contributed by atoms with Gasteiger partial charge in [0.2, 0.25) is 0 Å². The Labute approximate surface area is 311 Å². The maximum absolute atomic E-state index is 14.4. The molecule has 53 heavy (non-hydrogen) atoms.